The summed E-state index contributed by atoms with van der Waals surface area (Å²) in [7, 11) is 1.71. The number of nitrogens with zero attached hydrogens (tertiary/aromatic N) is 3. The molecule has 1 atom stereocenters. The van der Waals surface area contributed by atoms with Gasteiger partial charge in [0, 0.05) is 56.2 Å². The summed E-state index contributed by atoms with van der Waals surface area (Å²) in [6, 6.07) is 20.5. The summed E-state index contributed by atoms with van der Waals surface area (Å²) >= 11 is 0. The van der Waals surface area contributed by atoms with Crippen molar-refractivity contribution in [1.29, 1.82) is 0 Å². The monoisotopic (exact) mass is 429 g/mol. The Morgan fingerprint density at radius 2 is 1.78 bits per heavy atom. The van der Waals surface area contributed by atoms with E-state index in [4.69, 9.17) is 4.74 Å². The number of benzene rings is 2. The molecule has 0 radical (unpaired) electrons. The Morgan fingerprint density at radius 3 is 2.53 bits per heavy atom. The number of pyridine rings is 1. The fourth-order valence-corrected chi connectivity index (χ4v) is 4.56. The Labute approximate surface area is 190 Å². The molecule has 5 nitrogen and oxygen atoms in total. The predicted molar refractivity (Wildman–Crippen MR) is 127 cm³/mol. The maximum Gasteiger partial charge on any atom is 0.227 e. The van der Waals surface area contributed by atoms with Crippen LogP contribution < -0.4 is 4.74 Å². The van der Waals surface area contributed by atoms with E-state index in [1.807, 2.05) is 41.4 Å². The predicted octanol–water partition coefficient (Wildman–Crippen LogP) is 4.28. The third kappa shape index (κ3) is 5.00. The first-order chi connectivity index (χ1) is 15.7. The molecule has 1 saturated heterocycles. The van der Waals surface area contributed by atoms with Crippen LogP contribution in [0, 0.1) is 5.92 Å². The molecule has 1 aliphatic rings. The van der Waals surface area contributed by atoms with Crippen LogP contribution in [0.1, 0.15) is 18.1 Å². The number of carbonyl (C=O) groups excluding carboxylic acids is 1. The Kier molecular flexibility index (Phi) is 7.17. The topological polar surface area (TPSA) is 45.7 Å². The van der Waals surface area contributed by atoms with Gasteiger partial charge in [-0.1, -0.05) is 48.5 Å². The second kappa shape index (κ2) is 10.4. The van der Waals surface area contributed by atoms with Gasteiger partial charge in [-0.2, -0.15) is 0 Å². The molecule has 2 heterocycles. The second-order valence-electron chi connectivity index (χ2n) is 8.26. The molecule has 1 amide bonds. The van der Waals surface area contributed by atoms with Crippen molar-refractivity contribution in [3.8, 4) is 16.9 Å². The summed E-state index contributed by atoms with van der Waals surface area (Å²) in [5, 5.41) is 0. The van der Waals surface area contributed by atoms with Crippen molar-refractivity contribution in [3.05, 3.63) is 84.2 Å². The lowest BCUT2D eigenvalue weighted by Crippen LogP contribution is -2.37. The third-order valence-corrected chi connectivity index (χ3v) is 6.25. The van der Waals surface area contributed by atoms with Gasteiger partial charge in [0.2, 0.25) is 5.91 Å². The minimum atomic E-state index is -0.0926. The van der Waals surface area contributed by atoms with Gasteiger partial charge < -0.3 is 9.64 Å². The molecular formula is C27H31N3O2. The fraction of sp³-hybridized carbons (Fsp3) is 0.333. The molecule has 166 valence electrons. The lowest BCUT2D eigenvalue weighted by Gasteiger charge is -2.25. The molecule has 0 unspecified atom stereocenters. The second-order valence-corrected chi connectivity index (χ2v) is 8.26. The smallest absolute Gasteiger partial charge is 0.227 e. The minimum absolute atomic E-state index is 0.0926. The quantitative estimate of drug-likeness (QED) is 0.562. The van der Waals surface area contributed by atoms with Crippen LogP contribution in [0.15, 0.2) is 73.1 Å². The summed E-state index contributed by atoms with van der Waals surface area (Å²) in [6.07, 6.45) is 4.39. The van der Waals surface area contributed by atoms with Crippen LogP contribution in [0.5, 0.6) is 5.75 Å². The first-order valence-electron chi connectivity index (χ1n) is 11.3. The van der Waals surface area contributed by atoms with Gasteiger partial charge in [0.1, 0.15) is 5.75 Å². The number of aromatic nitrogens is 1. The SMILES string of the molecule is CCN1CCN(Cc2ccccc2OC)C[C@@H](Cc2ccccc2-c2cccnc2)C1=O. The van der Waals surface area contributed by atoms with Crippen molar-refractivity contribution in [2.75, 3.05) is 33.3 Å². The van der Waals surface area contributed by atoms with Gasteiger partial charge in [-0.05, 0) is 36.6 Å². The highest BCUT2D eigenvalue weighted by Gasteiger charge is 2.30. The van der Waals surface area contributed by atoms with Gasteiger partial charge in [-0.25, -0.2) is 0 Å². The molecule has 2 aromatic carbocycles. The van der Waals surface area contributed by atoms with Crippen LogP contribution in [-0.4, -0.2) is 54.0 Å². The molecule has 1 aliphatic heterocycles. The van der Waals surface area contributed by atoms with Crippen LogP contribution >= 0.6 is 0 Å². The van der Waals surface area contributed by atoms with E-state index in [9.17, 15) is 4.79 Å². The first kappa shape index (κ1) is 22.0. The van der Waals surface area contributed by atoms with Crippen LogP contribution in [0.25, 0.3) is 11.1 Å². The average Bonchev–Trinajstić information content (AvgIpc) is 2.98. The number of hydrogen-bond donors (Lipinski definition) is 0. The van der Waals surface area contributed by atoms with Gasteiger partial charge >= 0.3 is 0 Å². The zero-order valence-corrected chi connectivity index (χ0v) is 18.9. The van der Waals surface area contributed by atoms with Crippen LogP contribution in [0.2, 0.25) is 0 Å². The zero-order chi connectivity index (χ0) is 22.3. The molecule has 0 spiro atoms. The standard InChI is InChI=1S/C27H31N3O2/c1-3-30-16-15-29(19-23-10-5-7-13-26(23)32-2)20-24(27(30)31)17-21-9-4-6-12-25(21)22-11-8-14-28-18-22/h4-14,18,24H,3,15-17,19-20H2,1-2H3/t24-/m1/s1. The van der Waals surface area contributed by atoms with E-state index in [0.29, 0.717) is 6.42 Å². The van der Waals surface area contributed by atoms with E-state index in [1.54, 1.807) is 13.3 Å². The van der Waals surface area contributed by atoms with Crippen molar-refractivity contribution in [3.63, 3.8) is 0 Å². The molecule has 5 heteroatoms. The Bertz CT molecular complexity index is 1040. The van der Waals surface area contributed by atoms with Crippen LogP contribution in [0.4, 0.5) is 0 Å². The highest BCUT2D eigenvalue weighted by Crippen LogP contribution is 2.28. The highest BCUT2D eigenvalue weighted by molar-refractivity contribution is 5.80. The van der Waals surface area contributed by atoms with E-state index in [0.717, 1.165) is 55.2 Å². The van der Waals surface area contributed by atoms with Crippen molar-refractivity contribution < 1.29 is 9.53 Å². The highest BCUT2D eigenvalue weighted by atomic mass is 16.5. The average molecular weight is 430 g/mol. The molecule has 1 fully saturated rings. The van der Waals surface area contributed by atoms with Crippen LogP contribution in [0.3, 0.4) is 0 Å². The van der Waals surface area contributed by atoms with E-state index in [-0.39, 0.29) is 11.8 Å². The Morgan fingerprint density at radius 1 is 1.00 bits per heavy atom. The van der Waals surface area contributed by atoms with Crippen LogP contribution in [-0.2, 0) is 17.8 Å². The molecular weight excluding hydrogens is 398 g/mol. The third-order valence-electron chi connectivity index (χ3n) is 6.25. The van der Waals surface area contributed by atoms with E-state index in [2.05, 4.69) is 47.1 Å². The maximum absolute atomic E-state index is 13.4. The van der Waals surface area contributed by atoms with Crippen molar-refractivity contribution in [1.82, 2.24) is 14.8 Å². The molecule has 3 aromatic rings. The van der Waals surface area contributed by atoms with Crippen molar-refractivity contribution in [2.45, 2.75) is 19.9 Å². The number of methoxy groups -OCH3 is 1. The number of rotatable bonds is 7. The van der Waals surface area contributed by atoms with Crippen molar-refractivity contribution in [2.24, 2.45) is 5.92 Å². The number of para-hydroxylation sites is 1. The largest absolute Gasteiger partial charge is 0.496 e. The number of ether oxygens (including phenoxy) is 1. The van der Waals surface area contributed by atoms with E-state index >= 15 is 0 Å². The van der Waals surface area contributed by atoms with E-state index < -0.39 is 0 Å². The van der Waals surface area contributed by atoms with E-state index in [1.165, 1.54) is 5.56 Å². The summed E-state index contributed by atoms with van der Waals surface area (Å²) < 4.78 is 5.56. The number of amides is 1. The van der Waals surface area contributed by atoms with Gasteiger partial charge in [0.15, 0.2) is 0 Å². The van der Waals surface area contributed by atoms with Gasteiger partial charge in [-0.3, -0.25) is 14.7 Å². The number of likely N-dealkylation sites (N-methyl/N-ethyl adjacent to an activating group) is 1. The summed E-state index contributed by atoms with van der Waals surface area (Å²) in [5.74, 6) is 1.05. The molecule has 0 aliphatic carbocycles. The summed E-state index contributed by atoms with van der Waals surface area (Å²) in [4.78, 5) is 22.1. The fourth-order valence-electron chi connectivity index (χ4n) is 4.56. The van der Waals surface area contributed by atoms with Gasteiger partial charge in [-0.15, -0.1) is 0 Å². The molecule has 4 rings (SSSR count). The molecule has 32 heavy (non-hydrogen) atoms. The summed E-state index contributed by atoms with van der Waals surface area (Å²) in [6.45, 7) is 5.92. The molecule has 0 saturated carbocycles. The molecule has 0 bridgehead atoms. The lowest BCUT2D eigenvalue weighted by molar-refractivity contribution is -0.134. The molecule has 1 aromatic heterocycles. The van der Waals surface area contributed by atoms with Gasteiger partial charge in [0.05, 0.1) is 13.0 Å². The minimum Gasteiger partial charge on any atom is -0.496 e. The molecule has 0 N–H and O–H groups in total. The maximum atomic E-state index is 13.4. The van der Waals surface area contributed by atoms with Crippen molar-refractivity contribution >= 4 is 5.91 Å². The normalized spacial score (nSPS) is 17.2. The summed E-state index contributed by atoms with van der Waals surface area (Å²) in [5.41, 5.74) is 4.58. The number of carbonyl (C=O) groups is 1. The number of hydrogen-bond acceptors (Lipinski definition) is 4. The Balaban J connectivity index is 1.60. The van der Waals surface area contributed by atoms with Gasteiger partial charge in [0.25, 0.3) is 0 Å². The zero-order valence-electron chi connectivity index (χ0n) is 18.9. The Hall–Kier alpha value is -3.18. The first-order valence-corrected chi connectivity index (χ1v) is 11.3. The lowest BCUT2D eigenvalue weighted by atomic mass is 9.91.